The number of carboxylic acids is 1. The molecular formula is C16H23NO4. The zero-order valence-corrected chi connectivity index (χ0v) is 12.8. The highest BCUT2D eigenvalue weighted by Gasteiger charge is 2.18. The molecule has 5 heteroatoms. The number of benzene rings is 1. The van der Waals surface area contributed by atoms with E-state index in [0.29, 0.717) is 24.5 Å². The van der Waals surface area contributed by atoms with Crippen LogP contribution in [0.4, 0.5) is 0 Å². The van der Waals surface area contributed by atoms with E-state index in [1.54, 1.807) is 0 Å². The first-order valence-corrected chi connectivity index (χ1v) is 7.19. The molecule has 1 unspecified atom stereocenters. The van der Waals surface area contributed by atoms with Gasteiger partial charge in [-0.3, -0.25) is 4.79 Å². The van der Waals surface area contributed by atoms with Gasteiger partial charge in [-0.15, -0.1) is 0 Å². The maximum atomic E-state index is 11.7. The number of aliphatic carboxylic acids is 1. The van der Waals surface area contributed by atoms with Gasteiger partial charge in [0.1, 0.15) is 11.8 Å². The highest BCUT2D eigenvalue weighted by atomic mass is 16.5. The number of rotatable bonds is 8. The summed E-state index contributed by atoms with van der Waals surface area (Å²) in [6.45, 7) is 5.88. The Bertz CT molecular complexity index is 468. The van der Waals surface area contributed by atoms with Gasteiger partial charge in [0.2, 0.25) is 0 Å². The summed E-state index contributed by atoms with van der Waals surface area (Å²) in [5, 5.41) is 11.4. The zero-order chi connectivity index (χ0) is 15.8. The molecule has 1 atom stereocenters. The molecule has 2 N–H and O–H groups in total. The van der Waals surface area contributed by atoms with Crippen molar-refractivity contribution in [1.82, 2.24) is 5.32 Å². The Morgan fingerprint density at radius 1 is 1.24 bits per heavy atom. The van der Waals surface area contributed by atoms with Gasteiger partial charge in [0.15, 0.2) is 6.61 Å². The van der Waals surface area contributed by atoms with Crippen molar-refractivity contribution in [3.8, 4) is 5.75 Å². The van der Waals surface area contributed by atoms with Crippen LogP contribution in [-0.4, -0.2) is 29.6 Å². The summed E-state index contributed by atoms with van der Waals surface area (Å²) in [6.07, 6.45) is 1.10. The lowest BCUT2D eigenvalue weighted by atomic mass is 10.0. The highest BCUT2D eigenvalue weighted by molar-refractivity contribution is 5.84. The number of carbonyl (C=O) groups is 2. The Balaban J connectivity index is 2.46. The van der Waals surface area contributed by atoms with E-state index >= 15 is 0 Å². The van der Waals surface area contributed by atoms with Crippen molar-refractivity contribution < 1.29 is 19.4 Å². The molecule has 0 heterocycles. The van der Waals surface area contributed by atoms with Gasteiger partial charge in [-0.2, -0.15) is 0 Å². The first-order chi connectivity index (χ1) is 9.93. The van der Waals surface area contributed by atoms with Crippen LogP contribution >= 0.6 is 0 Å². The number of nitrogens with one attached hydrogen (secondary N) is 1. The third-order valence-corrected chi connectivity index (χ3v) is 3.13. The number of ether oxygens (including phenoxy) is 1. The van der Waals surface area contributed by atoms with Gasteiger partial charge in [0.25, 0.3) is 5.91 Å². The Morgan fingerprint density at radius 3 is 2.33 bits per heavy atom. The molecule has 0 aliphatic carbocycles. The standard InChI is InChI=1S/C16H23NO4/c1-4-5-14(16(19)20)17-15(18)10-21-13-8-6-12(7-9-13)11(2)3/h6-9,11,14H,4-5,10H2,1-3H3,(H,17,18)(H,19,20). The molecule has 0 radical (unpaired) electrons. The maximum absolute atomic E-state index is 11.7. The minimum atomic E-state index is -1.02. The second-order valence-corrected chi connectivity index (χ2v) is 5.26. The maximum Gasteiger partial charge on any atom is 0.326 e. The fourth-order valence-electron chi connectivity index (χ4n) is 1.88. The SMILES string of the molecule is CCCC(NC(=O)COc1ccc(C(C)C)cc1)C(=O)O. The molecule has 0 fully saturated rings. The summed E-state index contributed by atoms with van der Waals surface area (Å²) in [5.74, 6) is -0.417. The third kappa shape index (κ3) is 5.85. The smallest absolute Gasteiger partial charge is 0.326 e. The summed E-state index contributed by atoms with van der Waals surface area (Å²) >= 11 is 0. The summed E-state index contributed by atoms with van der Waals surface area (Å²) < 4.78 is 5.36. The molecule has 5 nitrogen and oxygen atoms in total. The molecule has 1 aromatic rings. The molecule has 21 heavy (non-hydrogen) atoms. The van der Waals surface area contributed by atoms with E-state index in [9.17, 15) is 9.59 Å². The van der Waals surface area contributed by atoms with Crippen LogP contribution in [-0.2, 0) is 9.59 Å². The van der Waals surface area contributed by atoms with Gasteiger partial charge < -0.3 is 15.2 Å². The molecule has 0 saturated carbocycles. The van der Waals surface area contributed by atoms with Gasteiger partial charge in [-0.05, 0) is 30.0 Å². The first kappa shape index (κ1) is 17.0. The van der Waals surface area contributed by atoms with Crippen molar-refractivity contribution >= 4 is 11.9 Å². The van der Waals surface area contributed by atoms with E-state index in [1.807, 2.05) is 31.2 Å². The average Bonchev–Trinajstić information content (AvgIpc) is 2.45. The first-order valence-electron chi connectivity index (χ1n) is 7.19. The minimum absolute atomic E-state index is 0.186. The van der Waals surface area contributed by atoms with Crippen molar-refractivity contribution in [2.24, 2.45) is 0 Å². The quantitative estimate of drug-likeness (QED) is 0.772. The molecule has 0 aliphatic heterocycles. The number of carboxylic acid groups (broad SMARTS) is 1. The third-order valence-electron chi connectivity index (χ3n) is 3.13. The van der Waals surface area contributed by atoms with Gasteiger partial charge in [-0.25, -0.2) is 4.79 Å². The second kappa shape index (κ2) is 8.29. The second-order valence-electron chi connectivity index (χ2n) is 5.26. The van der Waals surface area contributed by atoms with Crippen LogP contribution in [0.1, 0.15) is 45.1 Å². The number of amides is 1. The Hall–Kier alpha value is -2.04. The lowest BCUT2D eigenvalue weighted by molar-refractivity contribution is -0.142. The van der Waals surface area contributed by atoms with Crippen LogP contribution < -0.4 is 10.1 Å². The van der Waals surface area contributed by atoms with Crippen LogP contribution in [0.3, 0.4) is 0 Å². The molecular weight excluding hydrogens is 270 g/mol. The monoisotopic (exact) mass is 293 g/mol. The predicted octanol–water partition coefficient (Wildman–Crippen LogP) is 2.56. The minimum Gasteiger partial charge on any atom is -0.484 e. The molecule has 1 amide bonds. The van der Waals surface area contributed by atoms with Crippen LogP contribution in [0.15, 0.2) is 24.3 Å². The lowest BCUT2D eigenvalue weighted by Crippen LogP contribution is -2.42. The van der Waals surface area contributed by atoms with Crippen molar-refractivity contribution in [2.45, 2.75) is 45.6 Å². The van der Waals surface area contributed by atoms with Crippen molar-refractivity contribution in [3.63, 3.8) is 0 Å². The number of hydrogen-bond donors (Lipinski definition) is 2. The molecule has 0 saturated heterocycles. The van der Waals surface area contributed by atoms with Gasteiger partial charge in [-0.1, -0.05) is 39.3 Å². The molecule has 1 rings (SSSR count). The number of carbonyl (C=O) groups excluding carboxylic acids is 1. The van der Waals surface area contributed by atoms with Gasteiger partial charge in [0, 0.05) is 0 Å². The number of hydrogen-bond acceptors (Lipinski definition) is 3. The van der Waals surface area contributed by atoms with Crippen LogP contribution in [0.2, 0.25) is 0 Å². The summed E-state index contributed by atoms with van der Waals surface area (Å²) in [5.41, 5.74) is 1.20. The van der Waals surface area contributed by atoms with Crippen LogP contribution in [0.5, 0.6) is 5.75 Å². The molecule has 1 aromatic carbocycles. The Kier molecular flexibility index (Phi) is 6.72. The van der Waals surface area contributed by atoms with Crippen molar-refractivity contribution in [3.05, 3.63) is 29.8 Å². The van der Waals surface area contributed by atoms with Gasteiger partial charge in [0.05, 0.1) is 0 Å². The zero-order valence-electron chi connectivity index (χ0n) is 12.8. The normalized spacial score (nSPS) is 12.0. The van der Waals surface area contributed by atoms with E-state index in [2.05, 4.69) is 19.2 Å². The molecule has 0 spiro atoms. The lowest BCUT2D eigenvalue weighted by Gasteiger charge is -2.14. The fourth-order valence-corrected chi connectivity index (χ4v) is 1.88. The van der Waals surface area contributed by atoms with E-state index in [0.717, 1.165) is 0 Å². The summed E-state index contributed by atoms with van der Waals surface area (Å²) in [4.78, 5) is 22.6. The largest absolute Gasteiger partial charge is 0.484 e. The average molecular weight is 293 g/mol. The van der Waals surface area contributed by atoms with Crippen molar-refractivity contribution in [2.75, 3.05) is 6.61 Å². The Morgan fingerprint density at radius 2 is 1.86 bits per heavy atom. The van der Waals surface area contributed by atoms with E-state index in [1.165, 1.54) is 5.56 Å². The Labute approximate surface area is 125 Å². The van der Waals surface area contributed by atoms with Gasteiger partial charge >= 0.3 is 5.97 Å². The molecule has 0 aromatic heterocycles. The molecule has 0 aliphatic rings. The topological polar surface area (TPSA) is 75.6 Å². The highest BCUT2D eigenvalue weighted by Crippen LogP contribution is 2.18. The van der Waals surface area contributed by atoms with Crippen molar-refractivity contribution in [1.29, 1.82) is 0 Å². The van der Waals surface area contributed by atoms with E-state index in [4.69, 9.17) is 9.84 Å². The molecule has 0 bridgehead atoms. The molecule has 116 valence electrons. The van der Waals surface area contributed by atoms with Crippen LogP contribution in [0.25, 0.3) is 0 Å². The van der Waals surface area contributed by atoms with Crippen LogP contribution in [0, 0.1) is 0 Å². The fraction of sp³-hybridized carbons (Fsp3) is 0.500. The van der Waals surface area contributed by atoms with E-state index in [-0.39, 0.29) is 6.61 Å². The van der Waals surface area contributed by atoms with E-state index < -0.39 is 17.9 Å². The summed E-state index contributed by atoms with van der Waals surface area (Å²) in [6, 6.07) is 6.67. The predicted molar refractivity (Wildman–Crippen MR) is 80.5 cm³/mol. The summed E-state index contributed by atoms with van der Waals surface area (Å²) in [7, 11) is 0.